The van der Waals surface area contributed by atoms with Crippen LogP contribution in [-0.2, 0) is 0 Å². The lowest BCUT2D eigenvalue weighted by molar-refractivity contribution is 0.102. The number of amides is 1. The van der Waals surface area contributed by atoms with E-state index in [4.69, 9.17) is 0 Å². The standard InChI is InChI=1S/C11H8IN3O/c12-9-4-2-1-3-8(9)11(16)15-10-7-13-5-6-14-10/h1-7H,(H,14,15,16). The summed E-state index contributed by atoms with van der Waals surface area (Å²) in [6.07, 6.45) is 4.60. The van der Waals surface area contributed by atoms with Crippen molar-refractivity contribution < 1.29 is 4.79 Å². The van der Waals surface area contributed by atoms with Crippen molar-refractivity contribution in [2.75, 3.05) is 5.32 Å². The van der Waals surface area contributed by atoms with Crippen molar-refractivity contribution in [1.82, 2.24) is 9.97 Å². The number of halogens is 1. The van der Waals surface area contributed by atoms with Gasteiger partial charge in [0, 0.05) is 16.0 Å². The summed E-state index contributed by atoms with van der Waals surface area (Å²) in [5.74, 6) is 0.276. The summed E-state index contributed by atoms with van der Waals surface area (Å²) in [4.78, 5) is 19.7. The number of nitrogens with one attached hydrogen (secondary N) is 1. The van der Waals surface area contributed by atoms with E-state index in [2.05, 4.69) is 37.9 Å². The summed E-state index contributed by atoms with van der Waals surface area (Å²) in [6, 6.07) is 7.37. The maximum atomic E-state index is 11.9. The minimum atomic E-state index is -0.175. The quantitative estimate of drug-likeness (QED) is 0.863. The molecule has 1 aromatic heterocycles. The third kappa shape index (κ3) is 2.54. The van der Waals surface area contributed by atoms with Gasteiger partial charge in [-0.3, -0.25) is 9.78 Å². The fraction of sp³-hybridized carbons (Fsp3) is 0. The number of hydrogen-bond donors (Lipinski definition) is 1. The Morgan fingerprint density at radius 2 is 2.06 bits per heavy atom. The highest BCUT2D eigenvalue weighted by Crippen LogP contribution is 2.12. The van der Waals surface area contributed by atoms with E-state index >= 15 is 0 Å². The van der Waals surface area contributed by atoms with Crippen LogP contribution >= 0.6 is 22.6 Å². The van der Waals surface area contributed by atoms with Crippen LogP contribution in [0.2, 0.25) is 0 Å². The number of carbonyl (C=O) groups excluding carboxylic acids is 1. The average Bonchev–Trinajstić information content (AvgIpc) is 2.31. The molecule has 0 saturated carbocycles. The normalized spacial score (nSPS) is 9.81. The van der Waals surface area contributed by atoms with Crippen LogP contribution in [0, 0.1) is 3.57 Å². The van der Waals surface area contributed by atoms with E-state index in [1.54, 1.807) is 12.3 Å². The van der Waals surface area contributed by atoms with E-state index in [-0.39, 0.29) is 5.91 Å². The Balaban J connectivity index is 2.19. The highest BCUT2D eigenvalue weighted by molar-refractivity contribution is 14.1. The molecule has 1 heterocycles. The van der Waals surface area contributed by atoms with Gasteiger partial charge in [-0.2, -0.15) is 0 Å². The third-order valence-electron chi connectivity index (χ3n) is 1.92. The van der Waals surface area contributed by atoms with Gasteiger partial charge in [-0.25, -0.2) is 4.98 Å². The lowest BCUT2D eigenvalue weighted by Crippen LogP contribution is -2.14. The second kappa shape index (κ2) is 5.02. The van der Waals surface area contributed by atoms with Gasteiger partial charge in [0.2, 0.25) is 0 Å². The van der Waals surface area contributed by atoms with Gasteiger partial charge < -0.3 is 5.32 Å². The van der Waals surface area contributed by atoms with Crippen molar-refractivity contribution in [2.45, 2.75) is 0 Å². The van der Waals surface area contributed by atoms with Gasteiger partial charge in [-0.15, -0.1) is 0 Å². The molecule has 0 aliphatic heterocycles. The molecule has 1 amide bonds. The Kier molecular flexibility index (Phi) is 3.45. The molecule has 0 bridgehead atoms. The largest absolute Gasteiger partial charge is 0.305 e. The van der Waals surface area contributed by atoms with Gasteiger partial charge >= 0.3 is 0 Å². The van der Waals surface area contributed by atoms with Gasteiger partial charge in [-0.05, 0) is 34.7 Å². The Bertz CT molecular complexity index is 502. The van der Waals surface area contributed by atoms with Crippen molar-refractivity contribution in [2.24, 2.45) is 0 Å². The zero-order valence-electron chi connectivity index (χ0n) is 8.22. The van der Waals surface area contributed by atoms with Crippen molar-refractivity contribution >= 4 is 34.3 Å². The molecule has 0 atom stereocenters. The van der Waals surface area contributed by atoms with E-state index in [1.807, 2.05) is 18.2 Å². The first-order chi connectivity index (χ1) is 7.77. The molecule has 1 aromatic carbocycles. The fourth-order valence-corrected chi connectivity index (χ4v) is 1.82. The minimum absolute atomic E-state index is 0.175. The molecule has 0 aliphatic carbocycles. The van der Waals surface area contributed by atoms with E-state index < -0.39 is 0 Å². The number of carbonyl (C=O) groups is 1. The Morgan fingerprint density at radius 3 is 2.75 bits per heavy atom. The van der Waals surface area contributed by atoms with Gasteiger partial charge in [0.05, 0.1) is 11.8 Å². The van der Waals surface area contributed by atoms with Crippen LogP contribution in [0.25, 0.3) is 0 Å². The lowest BCUT2D eigenvalue weighted by Gasteiger charge is -2.04. The van der Waals surface area contributed by atoms with Gasteiger partial charge in [0.15, 0.2) is 5.82 Å². The predicted molar refractivity (Wildman–Crippen MR) is 69.1 cm³/mol. The molecule has 2 aromatic rings. The second-order valence-electron chi connectivity index (χ2n) is 3.02. The van der Waals surface area contributed by atoms with E-state index in [0.717, 1.165) is 3.57 Å². The molecular formula is C11H8IN3O. The summed E-state index contributed by atoms with van der Waals surface area (Å²) >= 11 is 2.12. The molecule has 16 heavy (non-hydrogen) atoms. The first kappa shape index (κ1) is 11.0. The molecule has 0 aliphatic rings. The summed E-state index contributed by atoms with van der Waals surface area (Å²) in [6.45, 7) is 0. The Hall–Kier alpha value is -1.50. The van der Waals surface area contributed by atoms with Crippen LogP contribution in [0.4, 0.5) is 5.82 Å². The van der Waals surface area contributed by atoms with Crippen LogP contribution in [0.5, 0.6) is 0 Å². The minimum Gasteiger partial charge on any atom is -0.305 e. The van der Waals surface area contributed by atoms with Gasteiger partial charge in [-0.1, -0.05) is 12.1 Å². The number of aromatic nitrogens is 2. The van der Waals surface area contributed by atoms with Crippen LogP contribution in [0.3, 0.4) is 0 Å². The maximum Gasteiger partial charge on any atom is 0.257 e. The fourth-order valence-electron chi connectivity index (χ4n) is 1.19. The SMILES string of the molecule is O=C(Nc1cnccn1)c1ccccc1I. The molecule has 0 spiro atoms. The Labute approximate surface area is 106 Å². The molecule has 1 N–H and O–H groups in total. The zero-order chi connectivity index (χ0) is 11.4. The molecule has 0 unspecified atom stereocenters. The van der Waals surface area contributed by atoms with Gasteiger partial charge in [0.25, 0.3) is 5.91 Å². The predicted octanol–water partition coefficient (Wildman–Crippen LogP) is 2.33. The molecule has 0 fully saturated rings. The van der Waals surface area contributed by atoms with E-state index in [1.165, 1.54) is 12.4 Å². The molecule has 5 heteroatoms. The van der Waals surface area contributed by atoms with Crippen molar-refractivity contribution in [1.29, 1.82) is 0 Å². The first-order valence-electron chi connectivity index (χ1n) is 4.59. The second-order valence-corrected chi connectivity index (χ2v) is 4.19. The van der Waals surface area contributed by atoms with Crippen LogP contribution < -0.4 is 5.32 Å². The molecule has 80 valence electrons. The van der Waals surface area contributed by atoms with E-state index in [0.29, 0.717) is 11.4 Å². The van der Waals surface area contributed by atoms with Crippen molar-refractivity contribution in [3.8, 4) is 0 Å². The summed E-state index contributed by atoms with van der Waals surface area (Å²) < 4.78 is 0.904. The molecule has 2 rings (SSSR count). The third-order valence-corrected chi connectivity index (χ3v) is 2.86. The molecular weight excluding hydrogens is 317 g/mol. The van der Waals surface area contributed by atoms with Gasteiger partial charge in [0.1, 0.15) is 0 Å². The summed E-state index contributed by atoms with van der Waals surface area (Å²) in [7, 11) is 0. The first-order valence-corrected chi connectivity index (χ1v) is 5.67. The van der Waals surface area contributed by atoms with Crippen LogP contribution in [-0.4, -0.2) is 15.9 Å². The monoisotopic (exact) mass is 325 g/mol. The number of rotatable bonds is 2. The number of nitrogens with zero attached hydrogens (tertiary/aromatic N) is 2. The van der Waals surface area contributed by atoms with Crippen LogP contribution in [0.15, 0.2) is 42.9 Å². The van der Waals surface area contributed by atoms with Crippen molar-refractivity contribution in [3.63, 3.8) is 0 Å². The molecule has 4 nitrogen and oxygen atoms in total. The van der Waals surface area contributed by atoms with Crippen molar-refractivity contribution in [3.05, 3.63) is 52.0 Å². The smallest absolute Gasteiger partial charge is 0.257 e. The zero-order valence-corrected chi connectivity index (χ0v) is 10.4. The summed E-state index contributed by atoms with van der Waals surface area (Å²) in [5, 5.41) is 2.68. The number of hydrogen-bond acceptors (Lipinski definition) is 3. The average molecular weight is 325 g/mol. The maximum absolute atomic E-state index is 11.9. The number of anilines is 1. The van der Waals surface area contributed by atoms with Crippen LogP contribution in [0.1, 0.15) is 10.4 Å². The summed E-state index contributed by atoms with van der Waals surface area (Å²) in [5.41, 5.74) is 0.633. The molecule has 0 radical (unpaired) electrons. The van der Waals surface area contributed by atoms with E-state index in [9.17, 15) is 4.79 Å². The highest BCUT2D eigenvalue weighted by Gasteiger charge is 2.09. The number of benzene rings is 1. The lowest BCUT2D eigenvalue weighted by atomic mass is 10.2. The highest BCUT2D eigenvalue weighted by atomic mass is 127. The Morgan fingerprint density at radius 1 is 1.25 bits per heavy atom. The topological polar surface area (TPSA) is 54.9 Å². The molecule has 0 saturated heterocycles.